The van der Waals surface area contributed by atoms with Gasteiger partial charge in [-0.2, -0.15) is 0 Å². The zero-order valence-corrected chi connectivity index (χ0v) is 13.7. The Labute approximate surface area is 145 Å². The predicted molar refractivity (Wildman–Crippen MR) is 94.0 cm³/mol. The lowest BCUT2D eigenvalue weighted by Crippen LogP contribution is -2.37. The number of amides is 2. The van der Waals surface area contributed by atoms with Crippen LogP contribution < -0.4 is 10.6 Å². The molecule has 0 saturated carbocycles. The summed E-state index contributed by atoms with van der Waals surface area (Å²) in [4.78, 5) is 22.3. The molecule has 2 amide bonds. The molecule has 1 unspecified atom stereocenters. The zero-order valence-electron chi connectivity index (χ0n) is 13.7. The van der Waals surface area contributed by atoms with E-state index in [1.807, 2.05) is 30.3 Å². The van der Waals surface area contributed by atoms with Gasteiger partial charge in [0.1, 0.15) is 0 Å². The smallest absolute Gasteiger partial charge is 0.315 e. The Bertz CT molecular complexity index is 689. The number of rotatable bonds is 8. The number of hydrogen-bond acceptors (Lipinski definition) is 4. The molecule has 1 atom stereocenters. The van der Waals surface area contributed by atoms with Gasteiger partial charge in [-0.15, -0.1) is 0 Å². The quantitative estimate of drug-likeness (QED) is 0.506. The molecule has 0 aliphatic carbocycles. The fourth-order valence-electron chi connectivity index (χ4n) is 2.43. The zero-order chi connectivity index (χ0) is 18.1. The fourth-order valence-corrected chi connectivity index (χ4v) is 2.43. The van der Waals surface area contributed by atoms with Crippen LogP contribution in [0.1, 0.15) is 30.0 Å². The Morgan fingerprint density at radius 2 is 1.80 bits per heavy atom. The Kier molecular flexibility index (Phi) is 6.91. The van der Waals surface area contributed by atoms with Crippen LogP contribution in [-0.4, -0.2) is 22.7 Å². The van der Waals surface area contributed by atoms with Crippen LogP contribution in [0.5, 0.6) is 0 Å². The highest BCUT2D eigenvalue weighted by molar-refractivity contribution is 5.74. The van der Waals surface area contributed by atoms with Crippen LogP contribution >= 0.6 is 0 Å². The Morgan fingerprint density at radius 3 is 2.40 bits per heavy atom. The van der Waals surface area contributed by atoms with E-state index >= 15 is 0 Å². The molecule has 7 heteroatoms. The van der Waals surface area contributed by atoms with Crippen molar-refractivity contribution in [3.8, 4) is 0 Å². The second kappa shape index (κ2) is 9.39. The van der Waals surface area contributed by atoms with Crippen molar-refractivity contribution in [1.29, 1.82) is 0 Å². The topological polar surface area (TPSA) is 104 Å². The lowest BCUT2D eigenvalue weighted by molar-refractivity contribution is -0.384. The number of nitrogens with zero attached hydrogens (tertiary/aromatic N) is 1. The molecular weight excluding hydrogens is 322 g/mol. The number of non-ortho nitro benzene ring substituents is 1. The number of nitro groups is 1. The molecule has 0 aliphatic rings. The largest absolute Gasteiger partial charge is 0.396 e. The van der Waals surface area contributed by atoms with Crippen LogP contribution in [0, 0.1) is 10.1 Å². The average Bonchev–Trinajstić information content (AvgIpc) is 2.64. The summed E-state index contributed by atoms with van der Waals surface area (Å²) in [6.07, 6.45) is 1.22. The molecule has 0 saturated heterocycles. The molecule has 132 valence electrons. The Morgan fingerprint density at radius 1 is 1.12 bits per heavy atom. The molecule has 0 fully saturated rings. The highest BCUT2D eigenvalue weighted by Gasteiger charge is 2.14. The summed E-state index contributed by atoms with van der Waals surface area (Å²) in [6.45, 7) is 0.334. The lowest BCUT2D eigenvalue weighted by Gasteiger charge is -2.19. The summed E-state index contributed by atoms with van der Waals surface area (Å²) in [5.41, 5.74) is 1.76. The first-order valence-corrected chi connectivity index (χ1v) is 8.03. The number of benzene rings is 2. The first kappa shape index (κ1) is 18.4. The van der Waals surface area contributed by atoms with Gasteiger partial charge < -0.3 is 15.7 Å². The van der Waals surface area contributed by atoms with Crippen molar-refractivity contribution in [3.63, 3.8) is 0 Å². The van der Waals surface area contributed by atoms with E-state index in [9.17, 15) is 14.9 Å². The van der Waals surface area contributed by atoms with Gasteiger partial charge in [-0.25, -0.2) is 4.79 Å². The standard InChI is InChI=1S/C18H21N3O4/c22-12-4-7-17(15-5-2-1-3-6-15)20-18(23)19-13-14-8-10-16(11-9-14)21(24)25/h1-3,5-6,8-11,17,22H,4,7,12-13H2,(H2,19,20,23). The number of urea groups is 1. The maximum Gasteiger partial charge on any atom is 0.315 e. The summed E-state index contributed by atoms with van der Waals surface area (Å²) in [7, 11) is 0. The molecule has 2 aromatic carbocycles. The highest BCUT2D eigenvalue weighted by atomic mass is 16.6. The number of hydrogen-bond donors (Lipinski definition) is 3. The third-order valence-corrected chi connectivity index (χ3v) is 3.76. The number of carbonyl (C=O) groups is 1. The number of carbonyl (C=O) groups excluding carboxylic acids is 1. The van der Waals surface area contributed by atoms with E-state index in [1.54, 1.807) is 12.1 Å². The molecule has 0 bridgehead atoms. The average molecular weight is 343 g/mol. The van der Waals surface area contributed by atoms with Crippen molar-refractivity contribution >= 4 is 11.7 Å². The summed E-state index contributed by atoms with van der Waals surface area (Å²) in [5.74, 6) is 0. The van der Waals surface area contributed by atoms with Gasteiger partial charge >= 0.3 is 6.03 Å². The number of aliphatic hydroxyl groups is 1. The van der Waals surface area contributed by atoms with E-state index in [-0.39, 0.29) is 30.9 Å². The van der Waals surface area contributed by atoms with Crippen LogP contribution in [0.15, 0.2) is 54.6 Å². The minimum atomic E-state index is -0.463. The van der Waals surface area contributed by atoms with E-state index in [4.69, 9.17) is 5.11 Å². The molecule has 0 aromatic heterocycles. The number of aliphatic hydroxyl groups excluding tert-OH is 1. The van der Waals surface area contributed by atoms with Crippen molar-refractivity contribution in [3.05, 3.63) is 75.8 Å². The fraction of sp³-hybridized carbons (Fsp3) is 0.278. The van der Waals surface area contributed by atoms with Gasteiger partial charge in [-0.1, -0.05) is 42.5 Å². The van der Waals surface area contributed by atoms with Crippen LogP contribution in [-0.2, 0) is 6.54 Å². The minimum absolute atomic E-state index is 0.0151. The maximum atomic E-state index is 12.1. The SMILES string of the molecule is O=C(NCc1ccc([N+](=O)[O-])cc1)NC(CCCO)c1ccccc1. The third-order valence-electron chi connectivity index (χ3n) is 3.76. The minimum Gasteiger partial charge on any atom is -0.396 e. The van der Waals surface area contributed by atoms with Crippen molar-refractivity contribution in [2.75, 3.05) is 6.61 Å². The van der Waals surface area contributed by atoms with Crippen LogP contribution in [0.3, 0.4) is 0 Å². The molecule has 2 aromatic rings. The van der Waals surface area contributed by atoms with Gasteiger partial charge in [0.2, 0.25) is 0 Å². The molecule has 0 radical (unpaired) electrons. The highest BCUT2D eigenvalue weighted by Crippen LogP contribution is 2.18. The van der Waals surface area contributed by atoms with Gasteiger partial charge in [0.25, 0.3) is 5.69 Å². The van der Waals surface area contributed by atoms with Gasteiger partial charge in [-0.05, 0) is 24.0 Å². The first-order chi connectivity index (χ1) is 12.1. The molecule has 0 spiro atoms. The Hall–Kier alpha value is -2.93. The summed E-state index contributed by atoms with van der Waals surface area (Å²) < 4.78 is 0. The van der Waals surface area contributed by atoms with E-state index in [0.717, 1.165) is 11.1 Å². The third kappa shape index (κ3) is 5.89. The first-order valence-electron chi connectivity index (χ1n) is 8.03. The second-order valence-corrected chi connectivity index (χ2v) is 5.58. The van der Waals surface area contributed by atoms with E-state index in [2.05, 4.69) is 10.6 Å². The molecule has 0 heterocycles. The second-order valence-electron chi connectivity index (χ2n) is 5.58. The molecular formula is C18H21N3O4. The summed E-state index contributed by atoms with van der Waals surface area (Å²) in [6, 6.07) is 15.1. The van der Waals surface area contributed by atoms with Crippen molar-refractivity contribution in [2.24, 2.45) is 0 Å². The molecule has 3 N–H and O–H groups in total. The number of nitro benzene ring substituents is 1. The summed E-state index contributed by atoms with van der Waals surface area (Å²) in [5, 5.41) is 25.3. The van der Waals surface area contributed by atoms with Crippen molar-refractivity contribution in [1.82, 2.24) is 10.6 Å². The normalized spacial score (nSPS) is 11.6. The Balaban J connectivity index is 1.91. The van der Waals surface area contributed by atoms with E-state index in [1.165, 1.54) is 12.1 Å². The van der Waals surface area contributed by atoms with Crippen molar-refractivity contribution in [2.45, 2.75) is 25.4 Å². The number of nitrogens with one attached hydrogen (secondary N) is 2. The lowest BCUT2D eigenvalue weighted by atomic mass is 10.0. The van der Waals surface area contributed by atoms with Crippen LogP contribution in [0.2, 0.25) is 0 Å². The monoisotopic (exact) mass is 343 g/mol. The molecule has 0 aliphatic heterocycles. The van der Waals surface area contributed by atoms with E-state index < -0.39 is 4.92 Å². The van der Waals surface area contributed by atoms with E-state index in [0.29, 0.717) is 12.8 Å². The van der Waals surface area contributed by atoms with Crippen LogP contribution in [0.25, 0.3) is 0 Å². The van der Waals surface area contributed by atoms with Crippen LogP contribution in [0.4, 0.5) is 10.5 Å². The van der Waals surface area contributed by atoms with Gasteiger partial charge in [0.05, 0.1) is 11.0 Å². The van der Waals surface area contributed by atoms with Gasteiger partial charge in [0.15, 0.2) is 0 Å². The molecule has 25 heavy (non-hydrogen) atoms. The maximum absolute atomic E-state index is 12.1. The molecule has 7 nitrogen and oxygen atoms in total. The molecule has 2 rings (SSSR count). The van der Waals surface area contributed by atoms with Gasteiger partial charge in [-0.3, -0.25) is 10.1 Å². The van der Waals surface area contributed by atoms with Gasteiger partial charge in [0, 0.05) is 25.3 Å². The van der Waals surface area contributed by atoms with Crippen molar-refractivity contribution < 1.29 is 14.8 Å². The predicted octanol–water partition coefficient (Wildman–Crippen LogP) is 2.91. The summed E-state index contributed by atoms with van der Waals surface area (Å²) >= 11 is 0.